The predicted octanol–water partition coefficient (Wildman–Crippen LogP) is 2.67. The molecule has 2 atom stereocenters. The SMILES string of the molecule is Fc1cccnc1NC[C@@H]1CCO[C@@H]1c1nc(C2CC2)no1. The lowest BCUT2D eigenvalue weighted by atomic mass is 10.0. The molecule has 2 aromatic heterocycles. The molecule has 2 aliphatic rings. The second kappa shape index (κ2) is 5.64. The third kappa shape index (κ3) is 2.68. The zero-order chi connectivity index (χ0) is 14.9. The standard InChI is InChI=1S/C15H17FN4O2/c16-11-2-1-6-17-14(11)18-8-10-5-7-21-12(10)15-19-13(20-22-15)9-3-4-9/h1-2,6,9-10,12H,3-5,7-8H2,(H,17,18)/t10-,12-/m0/s1. The van der Waals surface area contributed by atoms with Gasteiger partial charge in [-0.25, -0.2) is 9.37 Å². The average Bonchev–Trinajstić information content (AvgIpc) is 3.09. The van der Waals surface area contributed by atoms with Crippen molar-refractivity contribution in [3.63, 3.8) is 0 Å². The van der Waals surface area contributed by atoms with E-state index in [2.05, 4.69) is 20.4 Å². The number of nitrogens with zero attached hydrogens (tertiary/aromatic N) is 3. The lowest BCUT2D eigenvalue weighted by Crippen LogP contribution is -2.19. The van der Waals surface area contributed by atoms with Crippen molar-refractivity contribution in [1.82, 2.24) is 15.1 Å². The Kier molecular flexibility index (Phi) is 3.49. The smallest absolute Gasteiger partial charge is 0.256 e. The normalized spacial score (nSPS) is 24.6. The van der Waals surface area contributed by atoms with Crippen LogP contribution in [-0.2, 0) is 4.74 Å². The third-order valence-electron chi connectivity index (χ3n) is 4.15. The molecular formula is C15H17FN4O2. The molecule has 0 unspecified atom stereocenters. The summed E-state index contributed by atoms with van der Waals surface area (Å²) >= 11 is 0. The highest BCUT2D eigenvalue weighted by Crippen LogP contribution is 2.40. The zero-order valence-corrected chi connectivity index (χ0v) is 12.0. The Morgan fingerprint density at radius 1 is 1.32 bits per heavy atom. The molecule has 1 aliphatic carbocycles. The molecule has 6 nitrogen and oxygen atoms in total. The molecule has 3 heterocycles. The Bertz CT molecular complexity index is 658. The highest BCUT2D eigenvalue weighted by Gasteiger charge is 2.36. The van der Waals surface area contributed by atoms with Gasteiger partial charge in [-0.2, -0.15) is 4.98 Å². The Hall–Kier alpha value is -2.02. The maximum atomic E-state index is 13.6. The highest BCUT2D eigenvalue weighted by atomic mass is 19.1. The number of aromatic nitrogens is 3. The van der Waals surface area contributed by atoms with E-state index >= 15 is 0 Å². The van der Waals surface area contributed by atoms with E-state index in [1.165, 1.54) is 6.07 Å². The van der Waals surface area contributed by atoms with Gasteiger partial charge in [0.2, 0.25) is 0 Å². The molecule has 22 heavy (non-hydrogen) atoms. The van der Waals surface area contributed by atoms with Gasteiger partial charge in [0.25, 0.3) is 5.89 Å². The minimum absolute atomic E-state index is 0.161. The topological polar surface area (TPSA) is 73.1 Å². The summed E-state index contributed by atoms with van der Waals surface area (Å²) in [5.41, 5.74) is 0. The summed E-state index contributed by atoms with van der Waals surface area (Å²) in [6.45, 7) is 1.20. The molecule has 2 aromatic rings. The highest BCUT2D eigenvalue weighted by molar-refractivity contribution is 5.35. The van der Waals surface area contributed by atoms with E-state index < -0.39 is 0 Å². The van der Waals surface area contributed by atoms with Gasteiger partial charge in [-0.1, -0.05) is 5.16 Å². The minimum atomic E-state index is -0.355. The van der Waals surface area contributed by atoms with Gasteiger partial charge in [0, 0.05) is 31.2 Å². The van der Waals surface area contributed by atoms with Crippen LogP contribution in [0.3, 0.4) is 0 Å². The van der Waals surface area contributed by atoms with E-state index in [9.17, 15) is 4.39 Å². The zero-order valence-electron chi connectivity index (χ0n) is 12.0. The molecule has 4 rings (SSSR count). The van der Waals surface area contributed by atoms with Crippen LogP contribution in [0.4, 0.5) is 10.2 Å². The number of halogens is 1. The quantitative estimate of drug-likeness (QED) is 0.915. The summed E-state index contributed by atoms with van der Waals surface area (Å²) in [5.74, 6) is 1.84. The number of hydrogen-bond donors (Lipinski definition) is 1. The summed E-state index contributed by atoms with van der Waals surface area (Å²) < 4.78 is 24.7. The van der Waals surface area contributed by atoms with Crippen molar-refractivity contribution in [2.24, 2.45) is 5.92 Å². The fraction of sp³-hybridized carbons (Fsp3) is 0.533. The summed E-state index contributed by atoms with van der Waals surface area (Å²) in [7, 11) is 0. The maximum absolute atomic E-state index is 13.6. The van der Waals surface area contributed by atoms with Crippen molar-refractivity contribution in [2.75, 3.05) is 18.5 Å². The van der Waals surface area contributed by atoms with Crippen LogP contribution in [0.5, 0.6) is 0 Å². The van der Waals surface area contributed by atoms with Gasteiger partial charge in [0.05, 0.1) is 0 Å². The number of ether oxygens (including phenoxy) is 1. The van der Waals surface area contributed by atoms with Crippen LogP contribution in [0.1, 0.15) is 43.0 Å². The van der Waals surface area contributed by atoms with Gasteiger partial charge in [-0.15, -0.1) is 0 Å². The molecule has 0 bridgehead atoms. The first-order valence-electron chi connectivity index (χ1n) is 7.61. The molecule has 2 fully saturated rings. The van der Waals surface area contributed by atoms with Crippen molar-refractivity contribution in [3.05, 3.63) is 35.9 Å². The Labute approximate surface area is 127 Å². The Balaban J connectivity index is 1.43. The van der Waals surface area contributed by atoms with E-state index in [1.54, 1.807) is 12.3 Å². The van der Waals surface area contributed by atoms with Gasteiger partial charge in [0.15, 0.2) is 17.5 Å². The fourth-order valence-electron chi connectivity index (χ4n) is 2.73. The van der Waals surface area contributed by atoms with Crippen molar-refractivity contribution in [1.29, 1.82) is 0 Å². The van der Waals surface area contributed by atoms with Crippen LogP contribution in [0, 0.1) is 11.7 Å². The molecule has 1 saturated heterocycles. The summed E-state index contributed by atoms with van der Waals surface area (Å²) in [6, 6.07) is 2.96. The van der Waals surface area contributed by atoms with Crippen LogP contribution < -0.4 is 5.32 Å². The van der Waals surface area contributed by atoms with Crippen molar-refractivity contribution >= 4 is 5.82 Å². The molecule has 0 spiro atoms. The van der Waals surface area contributed by atoms with Crippen molar-refractivity contribution in [3.8, 4) is 0 Å². The van der Waals surface area contributed by atoms with Crippen molar-refractivity contribution in [2.45, 2.75) is 31.3 Å². The number of rotatable bonds is 5. The molecule has 0 radical (unpaired) electrons. The first kappa shape index (κ1) is 13.6. The number of nitrogens with one attached hydrogen (secondary N) is 1. The Morgan fingerprint density at radius 3 is 3.05 bits per heavy atom. The van der Waals surface area contributed by atoms with E-state index in [-0.39, 0.29) is 23.7 Å². The van der Waals surface area contributed by atoms with Crippen LogP contribution in [-0.4, -0.2) is 28.3 Å². The molecule has 0 aromatic carbocycles. The van der Waals surface area contributed by atoms with Crippen molar-refractivity contribution < 1.29 is 13.7 Å². The first-order valence-corrected chi connectivity index (χ1v) is 7.61. The second-order valence-corrected chi connectivity index (χ2v) is 5.82. The monoisotopic (exact) mass is 304 g/mol. The number of anilines is 1. The average molecular weight is 304 g/mol. The van der Waals surface area contributed by atoms with Gasteiger partial charge in [0.1, 0.15) is 6.10 Å². The Morgan fingerprint density at radius 2 is 2.23 bits per heavy atom. The second-order valence-electron chi connectivity index (χ2n) is 5.82. The van der Waals surface area contributed by atoms with Crippen LogP contribution in [0.2, 0.25) is 0 Å². The van der Waals surface area contributed by atoms with Crippen LogP contribution >= 0.6 is 0 Å². The molecule has 1 saturated carbocycles. The predicted molar refractivity (Wildman–Crippen MR) is 75.8 cm³/mol. The lowest BCUT2D eigenvalue weighted by Gasteiger charge is -2.16. The minimum Gasteiger partial charge on any atom is -0.368 e. The van der Waals surface area contributed by atoms with E-state index in [1.807, 2.05) is 0 Å². The molecule has 1 aliphatic heterocycles. The first-order chi connectivity index (χ1) is 10.8. The molecule has 0 amide bonds. The maximum Gasteiger partial charge on any atom is 0.256 e. The summed E-state index contributed by atoms with van der Waals surface area (Å²) in [5, 5.41) is 7.07. The van der Waals surface area contributed by atoms with Crippen LogP contribution in [0.25, 0.3) is 0 Å². The van der Waals surface area contributed by atoms with Gasteiger partial charge >= 0.3 is 0 Å². The van der Waals surface area contributed by atoms with E-state index in [0.29, 0.717) is 25.0 Å². The fourth-order valence-corrected chi connectivity index (χ4v) is 2.73. The van der Waals surface area contributed by atoms with E-state index in [0.717, 1.165) is 25.1 Å². The van der Waals surface area contributed by atoms with Crippen LogP contribution in [0.15, 0.2) is 22.9 Å². The number of pyridine rings is 1. The summed E-state index contributed by atoms with van der Waals surface area (Å²) in [6.07, 6.45) is 4.48. The molecular weight excluding hydrogens is 287 g/mol. The number of hydrogen-bond acceptors (Lipinski definition) is 6. The largest absolute Gasteiger partial charge is 0.368 e. The molecule has 7 heteroatoms. The van der Waals surface area contributed by atoms with Gasteiger partial charge in [-0.05, 0) is 31.4 Å². The third-order valence-corrected chi connectivity index (χ3v) is 4.15. The summed E-state index contributed by atoms with van der Waals surface area (Å²) in [4.78, 5) is 8.45. The van der Waals surface area contributed by atoms with Gasteiger partial charge < -0.3 is 14.6 Å². The van der Waals surface area contributed by atoms with E-state index in [4.69, 9.17) is 9.26 Å². The lowest BCUT2D eigenvalue weighted by molar-refractivity contribution is 0.0649. The molecule has 1 N–H and O–H groups in total. The molecule has 116 valence electrons. The van der Waals surface area contributed by atoms with Gasteiger partial charge in [-0.3, -0.25) is 0 Å².